The van der Waals surface area contributed by atoms with Gasteiger partial charge in [-0.1, -0.05) is 48.5 Å². The number of hydrogen-bond acceptors (Lipinski definition) is 3. The Hall–Kier alpha value is -2.31. The van der Waals surface area contributed by atoms with E-state index in [9.17, 15) is 5.11 Å². The van der Waals surface area contributed by atoms with E-state index in [2.05, 4.69) is 11.4 Å². The minimum atomic E-state index is -0.508. The third-order valence-electron chi connectivity index (χ3n) is 2.73. The molecule has 0 radical (unpaired) electrons. The van der Waals surface area contributed by atoms with Crippen molar-refractivity contribution in [2.24, 2.45) is 0 Å². The SMILES string of the molecule is N#CC(NCc1ccccc1)c1ccccc1O. The normalized spacial score (nSPS) is 11.7. The number of aromatic hydroxyl groups is 1. The first kappa shape index (κ1) is 12.2. The molecule has 0 bridgehead atoms. The molecule has 2 N–H and O–H groups in total. The molecule has 2 rings (SSSR count). The molecule has 3 nitrogen and oxygen atoms in total. The van der Waals surface area contributed by atoms with E-state index in [1.54, 1.807) is 18.2 Å². The minimum Gasteiger partial charge on any atom is -0.508 e. The van der Waals surface area contributed by atoms with Gasteiger partial charge in [0.25, 0.3) is 0 Å². The number of nitriles is 1. The highest BCUT2D eigenvalue weighted by Crippen LogP contribution is 2.23. The van der Waals surface area contributed by atoms with Gasteiger partial charge in [0.1, 0.15) is 11.8 Å². The smallest absolute Gasteiger partial charge is 0.125 e. The standard InChI is InChI=1S/C15H14N2O/c16-10-14(13-8-4-5-9-15(13)18)17-11-12-6-2-1-3-7-12/h1-9,14,17-18H,11H2. The molecule has 90 valence electrons. The van der Waals surface area contributed by atoms with E-state index in [1.165, 1.54) is 0 Å². The van der Waals surface area contributed by atoms with Gasteiger partial charge in [-0.2, -0.15) is 5.26 Å². The lowest BCUT2D eigenvalue weighted by Crippen LogP contribution is -2.19. The Balaban J connectivity index is 2.08. The van der Waals surface area contributed by atoms with Crippen molar-refractivity contribution in [2.75, 3.05) is 0 Å². The molecule has 0 spiro atoms. The van der Waals surface area contributed by atoms with Crippen LogP contribution in [-0.4, -0.2) is 5.11 Å². The highest BCUT2D eigenvalue weighted by atomic mass is 16.3. The van der Waals surface area contributed by atoms with Crippen LogP contribution in [-0.2, 0) is 6.54 Å². The van der Waals surface area contributed by atoms with Gasteiger partial charge in [-0.05, 0) is 11.6 Å². The van der Waals surface area contributed by atoms with Gasteiger partial charge >= 0.3 is 0 Å². The van der Waals surface area contributed by atoms with Crippen LogP contribution in [0.5, 0.6) is 5.75 Å². The highest BCUT2D eigenvalue weighted by Gasteiger charge is 2.13. The van der Waals surface area contributed by atoms with Crippen LogP contribution in [0.25, 0.3) is 0 Å². The summed E-state index contributed by atoms with van der Waals surface area (Å²) in [7, 11) is 0. The van der Waals surface area contributed by atoms with Gasteiger partial charge in [0.2, 0.25) is 0 Å². The fraction of sp³-hybridized carbons (Fsp3) is 0.133. The van der Waals surface area contributed by atoms with E-state index in [-0.39, 0.29) is 5.75 Å². The average molecular weight is 238 g/mol. The molecule has 3 heteroatoms. The van der Waals surface area contributed by atoms with Crippen LogP contribution in [0.15, 0.2) is 54.6 Å². The van der Waals surface area contributed by atoms with Crippen LogP contribution in [0.2, 0.25) is 0 Å². The first-order chi connectivity index (χ1) is 8.81. The summed E-state index contributed by atoms with van der Waals surface area (Å²) in [4.78, 5) is 0. The molecule has 18 heavy (non-hydrogen) atoms. The zero-order valence-corrected chi connectivity index (χ0v) is 9.88. The molecule has 0 saturated heterocycles. The summed E-state index contributed by atoms with van der Waals surface area (Å²) in [5.41, 5.74) is 1.71. The van der Waals surface area contributed by atoms with Crippen LogP contribution >= 0.6 is 0 Å². The maximum Gasteiger partial charge on any atom is 0.125 e. The van der Waals surface area contributed by atoms with Crippen molar-refractivity contribution in [2.45, 2.75) is 12.6 Å². The van der Waals surface area contributed by atoms with E-state index >= 15 is 0 Å². The summed E-state index contributed by atoms with van der Waals surface area (Å²) in [5, 5.41) is 22.0. The van der Waals surface area contributed by atoms with Gasteiger partial charge in [0.15, 0.2) is 0 Å². The third-order valence-corrected chi connectivity index (χ3v) is 2.73. The topological polar surface area (TPSA) is 56.0 Å². The maximum absolute atomic E-state index is 9.72. The molecule has 2 aromatic rings. The molecule has 0 aliphatic carbocycles. The van der Waals surface area contributed by atoms with Crippen LogP contribution in [0.4, 0.5) is 0 Å². The molecular weight excluding hydrogens is 224 g/mol. The predicted octanol–water partition coefficient (Wildman–Crippen LogP) is 2.75. The molecule has 0 aliphatic heterocycles. The number of benzene rings is 2. The number of phenolic OH excluding ortho intramolecular Hbond substituents is 1. The van der Waals surface area contributed by atoms with Gasteiger partial charge in [-0.15, -0.1) is 0 Å². The monoisotopic (exact) mass is 238 g/mol. The van der Waals surface area contributed by atoms with Gasteiger partial charge in [-0.25, -0.2) is 0 Å². The average Bonchev–Trinajstić information content (AvgIpc) is 2.42. The van der Waals surface area contributed by atoms with Crippen LogP contribution in [0, 0.1) is 11.3 Å². The first-order valence-electron chi connectivity index (χ1n) is 5.76. The second-order valence-electron chi connectivity index (χ2n) is 3.99. The van der Waals surface area contributed by atoms with Crippen molar-refractivity contribution in [3.8, 4) is 11.8 Å². The Labute approximate surface area is 106 Å². The van der Waals surface area contributed by atoms with Crippen LogP contribution < -0.4 is 5.32 Å². The summed E-state index contributed by atoms with van der Waals surface area (Å²) in [5.74, 6) is 0.143. The minimum absolute atomic E-state index is 0.143. The summed E-state index contributed by atoms with van der Waals surface area (Å²) in [6.45, 7) is 0.591. The molecule has 0 saturated carbocycles. The summed E-state index contributed by atoms with van der Waals surface area (Å²) in [6.07, 6.45) is 0. The zero-order chi connectivity index (χ0) is 12.8. The van der Waals surface area contributed by atoms with E-state index in [1.807, 2.05) is 36.4 Å². The molecular formula is C15H14N2O. The fourth-order valence-electron chi connectivity index (χ4n) is 1.77. The molecule has 0 aromatic heterocycles. The molecule has 0 aliphatic rings. The molecule has 1 atom stereocenters. The lowest BCUT2D eigenvalue weighted by Gasteiger charge is -2.13. The van der Waals surface area contributed by atoms with Gasteiger partial charge < -0.3 is 5.11 Å². The maximum atomic E-state index is 9.72. The van der Waals surface area contributed by atoms with E-state index in [0.717, 1.165) is 5.56 Å². The molecule has 1 unspecified atom stereocenters. The van der Waals surface area contributed by atoms with Crippen molar-refractivity contribution >= 4 is 0 Å². The quantitative estimate of drug-likeness (QED) is 0.861. The van der Waals surface area contributed by atoms with Crippen LogP contribution in [0.3, 0.4) is 0 Å². The van der Waals surface area contributed by atoms with Crippen molar-refractivity contribution in [3.05, 3.63) is 65.7 Å². The zero-order valence-electron chi connectivity index (χ0n) is 9.88. The van der Waals surface area contributed by atoms with Crippen molar-refractivity contribution in [1.29, 1.82) is 5.26 Å². The second-order valence-corrected chi connectivity index (χ2v) is 3.99. The second kappa shape index (κ2) is 5.85. The molecule has 0 fully saturated rings. The lowest BCUT2D eigenvalue weighted by atomic mass is 10.1. The van der Waals surface area contributed by atoms with E-state index < -0.39 is 6.04 Å². The largest absolute Gasteiger partial charge is 0.508 e. The van der Waals surface area contributed by atoms with E-state index in [4.69, 9.17) is 5.26 Å². The number of para-hydroxylation sites is 1. The lowest BCUT2D eigenvalue weighted by molar-refractivity contribution is 0.459. The number of hydrogen-bond donors (Lipinski definition) is 2. The van der Waals surface area contributed by atoms with E-state index in [0.29, 0.717) is 12.1 Å². The predicted molar refractivity (Wildman–Crippen MR) is 69.7 cm³/mol. The fourth-order valence-corrected chi connectivity index (χ4v) is 1.77. The number of rotatable bonds is 4. The summed E-state index contributed by atoms with van der Waals surface area (Å²) < 4.78 is 0. The van der Waals surface area contributed by atoms with Crippen molar-refractivity contribution < 1.29 is 5.11 Å². The Bertz CT molecular complexity index is 546. The van der Waals surface area contributed by atoms with Crippen LogP contribution in [0.1, 0.15) is 17.2 Å². The Morgan fingerprint density at radius 3 is 2.39 bits per heavy atom. The third kappa shape index (κ3) is 2.88. The summed E-state index contributed by atoms with van der Waals surface area (Å²) >= 11 is 0. The first-order valence-corrected chi connectivity index (χ1v) is 5.76. The summed E-state index contributed by atoms with van der Waals surface area (Å²) in [6, 6.07) is 18.4. The van der Waals surface area contributed by atoms with Crippen molar-refractivity contribution in [1.82, 2.24) is 5.32 Å². The number of phenols is 1. The highest BCUT2D eigenvalue weighted by molar-refractivity contribution is 5.37. The van der Waals surface area contributed by atoms with Gasteiger partial charge in [-0.3, -0.25) is 5.32 Å². The molecule has 0 amide bonds. The van der Waals surface area contributed by atoms with Gasteiger partial charge in [0, 0.05) is 12.1 Å². The molecule has 0 heterocycles. The Morgan fingerprint density at radius 2 is 1.72 bits per heavy atom. The number of nitrogens with zero attached hydrogens (tertiary/aromatic N) is 1. The Kier molecular flexibility index (Phi) is 3.95. The Morgan fingerprint density at radius 1 is 1.06 bits per heavy atom. The number of nitrogens with one attached hydrogen (secondary N) is 1. The molecule has 2 aromatic carbocycles. The van der Waals surface area contributed by atoms with Crippen molar-refractivity contribution in [3.63, 3.8) is 0 Å². The van der Waals surface area contributed by atoms with Gasteiger partial charge in [0.05, 0.1) is 6.07 Å².